The topological polar surface area (TPSA) is 134 Å². The molecule has 0 spiro atoms. The van der Waals surface area contributed by atoms with Crippen molar-refractivity contribution in [3.8, 4) is 0 Å². The molecule has 0 bridgehead atoms. The molecule has 0 heterocycles. The lowest BCUT2D eigenvalue weighted by molar-refractivity contribution is -0.161. The number of carbonyl (C=O) groups is 2. The Hall–Kier alpha value is -2.81. The van der Waals surface area contributed by atoms with E-state index in [1.54, 1.807) is 0 Å². The number of ether oxygens (including phenoxy) is 2. The van der Waals surface area contributed by atoms with Gasteiger partial charge in [-0.3, -0.25) is 18.6 Å². The highest BCUT2D eigenvalue weighted by molar-refractivity contribution is 7.47. The molecule has 0 fully saturated rings. The summed E-state index contributed by atoms with van der Waals surface area (Å²) in [5.74, 6) is -0.849. The molecule has 0 radical (unpaired) electrons. The van der Waals surface area contributed by atoms with Crippen LogP contribution in [0, 0.1) is 0 Å². The molecule has 0 aliphatic heterocycles. The van der Waals surface area contributed by atoms with Gasteiger partial charge in [0.05, 0.1) is 13.2 Å². The molecule has 2 atom stereocenters. The zero-order valence-corrected chi connectivity index (χ0v) is 40.9. The maximum Gasteiger partial charge on any atom is 0.472 e. The summed E-state index contributed by atoms with van der Waals surface area (Å²) < 4.78 is 32.9. The van der Waals surface area contributed by atoms with Crippen LogP contribution >= 0.6 is 7.82 Å². The summed E-state index contributed by atoms with van der Waals surface area (Å²) in [4.78, 5) is 35.1. The second kappa shape index (κ2) is 48.6. The van der Waals surface area contributed by atoms with E-state index in [9.17, 15) is 19.0 Å². The number of unbranched alkanes of at least 4 members (excludes halogenated alkanes) is 19. The molecule has 0 aromatic heterocycles. The highest BCUT2D eigenvalue weighted by atomic mass is 31.2. The number of phosphoric ester groups is 1. The first kappa shape index (κ1) is 60.2. The molecule has 0 aromatic rings. The Morgan fingerprint density at radius 3 is 1.30 bits per heavy atom. The van der Waals surface area contributed by atoms with Gasteiger partial charge >= 0.3 is 19.8 Å². The largest absolute Gasteiger partial charge is 0.472 e. The number of phosphoric acid groups is 1. The van der Waals surface area contributed by atoms with Gasteiger partial charge in [-0.2, -0.15) is 0 Å². The summed E-state index contributed by atoms with van der Waals surface area (Å²) in [6.45, 7) is 3.58. The van der Waals surface area contributed by atoms with Crippen LogP contribution in [0.15, 0.2) is 85.1 Å². The normalized spacial score (nSPS) is 13.9. The van der Waals surface area contributed by atoms with Crippen molar-refractivity contribution in [1.82, 2.24) is 0 Å². The Labute approximate surface area is 385 Å². The lowest BCUT2D eigenvalue weighted by atomic mass is 10.1. The summed E-state index contributed by atoms with van der Waals surface area (Å²) >= 11 is 0. The first-order valence-electron chi connectivity index (χ1n) is 25.1. The van der Waals surface area contributed by atoms with Crippen molar-refractivity contribution in [3.63, 3.8) is 0 Å². The van der Waals surface area contributed by atoms with Gasteiger partial charge < -0.3 is 20.1 Å². The fraction of sp³-hybridized carbons (Fsp3) is 0.698. The van der Waals surface area contributed by atoms with Crippen LogP contribution in [0.3, 0.4) is 0 Å². The Bertz CT molecular complexity index is 1300. The van der Waals surface area contributed by atoms with Crippen LogP contribution in [0.4, 0.5) is 0 Å². The Kier molecular flexibility index (Phi) is 46.5. The minimum absolute atomic E-state index is 0.0466. The molecule has 0 aromatic carbocycles. The van der Waals surface area contributed by atoms with Gasteiger partial charge in [0, 0.05) is 19.4 Å². The van der Waals surface area contributed by atoms with Crippen molar-refractivity contribution >= 4 is 19.8 Å². The molecule has 9 nitrogen and oxygen atoms in total. The van der Waals surface area contributed by atoms with Crippen molar-refractivity contribution in [3.05, 3.63) is 85.1 Å². The summed E-state index contributed by atoms with van der Waals surface area (Å²) in [5.41, 5.74) is 5.36. The lowest BCUT2D eigenvalue weighted by Gasteiger charge is -2.19. The van der Waals surface area contributed by atoms with E-state index in [0.717, 1.165) is 96.3 Å². The molecular formula is C53H92NO8P. The van der Waals surface area contributed by atoms with Gasteiger partial charge in [0.15, 0.2) is 6.10 Å². The molecule has 3 N–H and O–H groups in total. The first-order valence-corrected chi connectivity index (χ1v) is 26.6. The Morgan fingerprint density at radius 1 is 0.492 bits per heavy atom. The third-order valence-corrected chi connectivity index (χ3v) is 11.2. The van der Waals surface area contributed by atoms with E-state index in [4.69, 9.17) is 24.3 Å². The van der Waals surface area contributed by atoms with E-state index in [1.165, 1.54) is 77.0 Å². The van der Waals surface area contributed by atoms with Gasteiger partial charge in [0.25, 0.3) is 0 Å². The van der Waals surface area contributed by atoms with Gasteiger partial charge in [-0.15, -0.1) is 0 Å². The van der Waals surface area contributed by atoms with Gasteiger partial charge in [-0.05, 0) is 89.9 Å². The van der Waals surface area contributed by atoms with Gasteiger partial charge in [0.2, 0.25) is 0 Å². The molecule has 362 valence electrons. The number of esters is 2. The van der Waals surface area contributed by atoms with Crippen molar-refractivity contribution in [2.45, 2.75) is 213 Å². The SMILES string of the molecule is CC/C=C\C/C=C\C/C=C\C/C=C\C/C=C\CCCCCCCCCC(=O)OC(COC(=O)CCCCCCCCCCC/C=C\C/C=C\CCCCC)COP(=O)(O)OCCN. The summed E-state index contributed by atoms with van der Waals surface area (Å²) in [6.07, 6.45) is 61.8. The standard InChI is InChI=1S/C53H92NO8P/c1-3-5-7-9-11-13-15-17-19-21-23-24-25-26-28-30-32-34-36-38-40-42-44-46-53(56)62-51(50-61-63(57,58)60-48-47-54)49-59-52(55)45-43-41-39-37-35-33-31-29-27-22-20-18-16-14-12-10-8-6-4-2/h5,7,11-14,17-20,23-24,26,28,51H,3-4,6,8-10,15-16,21-22,25,27,29-50,54H2,1-2H3,(H,57,58)/b7-5-,13-11-,14-12-,19-17-,20-18-,24-23-,28-26-. The summed E-state index contributed by atoms with van der Waals surface area (Å²) in [5, 5.41) is 0. The van der Waals surface area contributed by atoms with E-state index in [1.807, 2.05) is 0 Å². The molecule has 63 heavy (non-hydrogen) atoms. The van der Waals surface area contributed by atoms with E-state index >= 15 is 0 Å². The minimum atomic E-state index is -4.39. The quantitative estimate of drug-likeness (QED) is 0.0265. The second-order valence-electron chi connectivity index (χ2n) is 16.3. The highest BCUT2D eigenvalue weighted by Gasteiger charge is 2.26. The highest BCUT2D eigenvalue weighted by Crippen LogP contribution is 2.43. The lowest BCUT2D eigenvalue weighted by Crippen LogP contribution is -2.29. The molecule has 0 aliphatic rings. The molecule has 2 unspecified atom stereocenters. The van der Waals surface area contributed by atoms with Crippen LogP contribution in [0.1, 0.15) is 206 Å². The van der Waals surface area contributed by atoms with Crippen LogP contribution < -0.4 is 5.73 Å². The third-order valence-electron chi connectivity index (χ3n) is 10.3. The molecule has 10 heteroatoms. The van der Waals surface area contributed by atoms with E-state index in [2.05, 4.69) is 98.9 Å². The monoisotopic (exact) mass is 902 g/mol. The third kappa shape index (κ3) is 48.5. The summed E-state index contributed by atoms with van der Waals surface area (Å²) in [7, 11) is -4.39. The zero-order chi connectivity index (χ0) is 46.0. The molecule has 0 rings (SSSR count). The minimum Gasteiger partial charge on any atom is -0.462 e. The number of allylic oxidation sites excluding steroid dienone is 14. The van der Waals surface area contributed by atoms with E-state index < -0.39 is 32.5 Å². The Morgan fingerprint density at radius 2 is 0.873 bits per heavy atom. The zero-order valence-electron chi connectivity index (χ0n) is 40.0. The maximum atomic E-state index is 12.7. The van der Waals surface area contributed by atoms with Crippen molar-refractivity contribution < 1.29 is 37.6 Å². The molecule has 0 amide bonds. The number of rotatable bonds is 46. The average Bonchev–Trinajstić information content (AvgIpc) is 3.27. The number of nitrogens with two attached hydrogens (primary N) is 1. The second-order valence-corrected chi connectivity index (χ2v) is 17.8. The van der Waals surface area contributed by atoms with Gasteiger partial charge in [-0.1, -0.05) is 189 Å². The van der Waals surface area contributed by atoms with Crippen LogP contribution in [-0.4, -0.2) is 49.3 Å². The number of carbonyl (C=O) groups excluding carboxylic acids is 2. The van der Waals surface area contributed by atoms with Crippen molar-refractivity contribution in [2.75, 3.05) is 26.4 Å². The first-order chi connectivity index (χ1) is 30.8. The van der Waals surface area contributed by atoms with Crippen LogP contribution in [0.5, 0.6) is 0 Å². The van der Waals surface area contributed by atoms with Crippen LogP contribution in [0.2, 0.25) is 0 Å². The van der Waals surface area contributed by atoms with Crippen molar-refractivity contribution in [1.29, 1.82) is 0 Å². The van der Waals surface area contributed by atoms with Gasteiger partial charge in [0.1, 0.15) is 6.61 Å². The Balaban J connectivity index is 4.12. The molecule has 0 saturated carbocycles. The fourth-order valence-electron chi connectivity index (χ4n) is 6.57. The molecule has 0 aliphatic carbocycles. The van der Waals surface area contributed by atoms with Gasteiger partial charge in [-0.25, -0.2) is 4.57 Å². The number of hydrogen-bond donors (Lipinski definition) is 2. The average molecular weight is 902 g/mol. The smallest absolute Gasteiger partial charge is 0.462 e. The fourth-order valence-corrected chi connectivity index (χ4v) is 7.34. The predicted octanol–water partition coefficient (Wildman–Crippen LogP) is 15.2. The van der Waals surface area contributed by atoms with Crippen molar-refractivity contribution in [2.24, 2.45) is 5.73 Å². The maximum absolute atomic E-state index is 12.7. The van der Waals surface area contributed by atoms with Crippen LogP contribution in [0.25, 0.3) is 0 Å². The van der Waals surface area contributed by atoms with Crippen LogP contribution in [-0.2, 0) is 32.7 Å². The molecule has 0 saturated heterocycles. The van der Waals surface area contributed by atoms with E-state index in [0.29, 0.717) is 6.42 Å². The number of hydrogen-bond acceptors (Lipinski definition) is 8. The molecular weight excluding hydrogens is 810 g/mol. The summed E-state index contributed by atoms with van der Waals surface area (Å²) in [6, 6.07) is 0. The van der Waals surface area contributed by atoms with E-state index in [-0.39, 0.29) is 32.6 Å². The predicted molar refractivity (Wildman–Crippen MR) is 265 cm³/mol.